The first-order valence-electron chi connectivity index (χ1n) is 7.92. The summed E-state index contributed by atoms with van der Waals surface area (Å²) in [7, 11) is 0. The number of aliphatic carboxylic acids is 1. The highest BCUT2D eigenvalue weighted by Gasteiger charge is 2.48. The molecule has 1 atom stereocenters. The van der Waals surface area contributed by atoms with Crippen molar-refractivity contribution < 1.29 is 23.5 Å². The molecule has 1 amide bonds. The number of rotatable bonds is 3. The molecular weight excluding hydrogens is 304 g/mol. The molecule has 0 spiro atoms. The van der Waals surface area contributed by atoms with Gasteiger partial charge in [-0.1, -0.05) is 18.9 Å². The zero-order valence-electron chi connectivity index (χ0n) is 12.7. The van der Waals surface area contributed by atoms with Crippen molar-refractivity contribution in [2.24, 2.45) is 5.92 Å². The topological polar surface area (TPSA) is 57.6 Å². The maximum absolute atomic E-state index is 14.3. The molecule has 124 valence electrons. The van der Waals surface area contributed by atoms with Crippen LogP contribution in [0.2, 0.25) is 0 Å². The van der Waals surface area contributed by atoms with Crippen LogP contribution in [-0.4, -0.2) is 35.0 Å². The number of carboxylic acids is 1. The molecule has 1 aliphatic carbocycles. The van der Waals surface area contributed by atoms with Crippen LogP contribution in [0.4, 0.5) is 8.78 Å². The lowest BCUT2D eigenvalue weighted by molar-refractivity contribution is -0.142. The van der Waals surface area contributed by atoms with E-state index in [9.17, 15) is 18.4 Å². The van der Waals surface area contributed by atoms with Gasteiger partial charge in [0.15, 0.2) is 0 Å². The van der Waals surface area contributed by atoms with E-state index in [1.165, 1.54) is 17.0 Å². The second-order valence-electron chi connectivity index (χ2n) is 6.49. The molecule has 1 saturated heterocycles. The Bertz CT molecular complexity index is 641. The minimum atomic E-state index is -0.981. The number of carbonyl (C=O) groups excluding carboxylic acids is 1. The Kier molecular flexibility index (Phi) is 4.08. The first-order chi connectivity index (χ1) is 10.9. The highest BCUT2D eigenvalue weighted by molar-refractivity contribution is 5.89. The number of amides is 1. The van der Waals surface area contributed by atoms with Gasteiger partial charge in [-0.05, 0) is 25.3 Å². The Morgan fingerprint density at radius 2 is 1.91 bits per heavy atom. The third kappa shape index (κ3) is 2.71. The smallest absolute Gasteiger partial charge is 0.308 e. The van der Waals surface area contributed by atoms with Crippen LogP contribution >= 0.6 is 0 Å². The number of likely N-dealkylation sites (tertiary alicyclic amines) is 1. The molecule has 23 heavy (non-hydrogen) atoms. The summed E-state index contributed by atoms with van der Waals surface area (Å²) in [5.41, 5.74) is -0.745. The average Bonchev–Trinajstić information content (AvgIpc) is 3.16. The Hall–Kier alpha value is -1.98. The molecule has 1 N–H and O–H groups in total. The number of carboxylic acid groups (broad SMARTS) is 1. The summed E-state index contributed by atoms with van der Waals surface area (Å²) in [6, 6.07) is 3.35. The van der Waals surface area contributed by atoms with Gasteiger partial charge in [0.2, 0.25) is 5.91 Å². The number of nitrogens with zero attached hydrogens (tertiary/aromatic N) is 1. The summed E-state index contributed by atoms with van der Waals surface area (Å²) in [4.78, 5) is 25.7. The van der Waals surface area contributed by atoms with Crippen molar-refractivity contribution in [2.75, 3.05) is 13.1 Å². The first-order valence-corrected chi connectivity index (χ1v) is 7.92. The Balaban J connectivity index is 1.92. The molecule has 0 bridgehead atoms. The number of hydrogen-bond donors (Lipinski definition) is 1. The van der Waals surface area contributed by atoms with Gasteiger partial charge in [0.1, 0.15) is 11.6 Å². The molecule has 0 aromatic heterocycles. The van der Waals surface area contributed by atoms with Gasteiger partial charge >= 0.3 is 5.97 Å². The van der Waals surface area contributed by atoms with Crippen molar-refractivity contribution >= 4 is 11.9 Å². The van der Waals surface area contributed by atoms with E-state index in [-0.39, 0.29) is 18.0 Å². The van der Waals surface area contributed by atoms with Crippen LogP contribution < -0.4 is 0 Å². The summed E-state index contributed by atoms with van der Waals surface area (Å²) in [6.07, 6.45) is 3.06. The largest absolute Gasteiger partial charge is 0.481 e. The Morgan fingerprint density at radius 1 is 1.22 bits per heavy atom. The van der Waals surface area contributed by atoms with E-state index >= 15 is 0 Å². The third-order valence-electron chi connectivity index (χ3n) is 5.14. The third-order valence-corrected chi connectivity index (χ3v) is 5.14. The van der Waals surface area contributed by atoms with Crippen LogP contribution in [0.25, 0.3) is 0 Å². The van der Waals surface area contributed by atoms with Crippen molar-refractivity contribution in [2.45, 2.75) is 37.5 Å². The number of hydrogen-bond acceptors (Lipinski definition) is 2. The van der Waals surface area contributed by atoms with Crippen LogP contribution in [0.15, 0.2) is 18.2 Å². The minimum Gasteiger partial charge on any atom is -0.481 e. The second kappa shape index (κ2) is 5.91. The van der Waals surface area contributed by atoms with Crippen LogP contribution in [0.5, 0.6) is 0 Å². The van der Waals surface area contributed by atoms with Crippen molar-refractivity contribution in [3.05, 3.63) is 35.4 Å². The normalized spacial score (nSPS) is 23.2. The molecule has 4 nitrogen and oxygen atoms in total. The van der Waals surface area contributed by atoms with Gasteiger partial charge in [-0.25, -0.2) is 8.78 Å². The summed E-state index contributed by atoms with van der Waals surface area (Å²) in [5.74, 6) is -3.05. The van der Waals surface area contributed by atoms with Gasteiger partial charge in [-0.3, -0.25) is 9.59 Å². The summed E-state index contributed by atoms with van der Waals surface area (Å²) < 4.78 is 27.5. The van der Waals surface area contributed by atoms with Gasteiger partial charge in [0.25, 0.3) is 0 Å². The lowest BCUT2D eigenvalue weighted by atomic mass is 9.77. The Morgan fingerprint density at radius 3 is 2.48 bits per heavy atom. The number of halogens is 2. The van der Waals surface area contributed by atoms with Gasteiger partial charge in [0.05, 0.1) is 11.3 Å². The summed E-state index contributed by atoms with van der Waals surface area (Å²) in [5, 5.41) is 9.09. The average molecular weight is 323 g/mol. The van der Waals surface area contributed by atoms with Crippen molar-refractivity contribution in [3.63, 3.8) is 0 Å². The van der Waals surface area contributed by atoms with Crippen molar-refractivity contribution in [1.29, 1.82) is 0 Å². The summed E-state index contributed by atoms with van der Waals surface area (Å²) >= 11 is 0. The van der Waals surface area contributed by atoms with E-state index in [1.54, 1.807) is 0 Å². The molecule has 6 heteroatoms. The standard InChI is InChI=1S/C17H19F2NO3/c18-12-3-4-13(14(19)9-12)17(6-1-2-7-17)16(23)20-8-5-11(10-20)15(21)22/h3-4,9,11H,1-2,5-8,10H2,(H,21,22). The van der Waals surface area contributed by atoms with Gasteiger partial charge in [0, 0.05) is 24.7 Å². The molecule has 1 saturated carbocycles. The lowest BCUT2D eigenvalue weighted by Crippen LogP contribution is -2.45. The molecule has 3 rings (SSSR count). The minimum absolute atomic E-state index is 0.165. The van der Waals surface area contributed by atoms with Gasteiger partial charge in [-0.2, -0.15) is 0 Å². The highest BCUT2D eigenvalue weighted by Crippen LogP contribution is 2.44. The fourth-order valence-corrected chi connectivity index (χ4v) is 3.90. The molecule has 1 aliphatic heterocycles. The van der Waals surface area contributed by atoms with E-state index in [2.05, 4.69) is 0 Å². The first kappa shape index (κ1) is 15.9. The van der Waals surface area contributed by atoms with E-state index in [0.29, 0.717) is 25.8 Å². The quantitative estimate of drug-likeness (QED) is 0.930. The molecule has 2 aliphatic rings. The molecule has 1 aromatic carbocycles. The van der Waals surface area contributed by atoms with E-state index in [0.717, 1.165) is 18.9 Å². The number of benzene rings is 1. The molecule has 1 heterocycles. The monoisotopic (exact) mass is 323 g/mol. The van der Waals surface area contributed by atoms with Crippen molar-refractivity contribution in [3.8, 4) is 0 Å². The second-order valence-corrected chi connectivity index (χ2v) is 6.49. The highest BCUT2D eigenvalue weighted by atomic mass is 19.1. The summed E-state index contributed by atoms with van der Waals surface area (Å²) in [6.45, 7) is 0.541. The van der Waals surface area contributed by atoms with Crippen LogP contribution in [0.1, 0.15) is 37.7 Å². The zero-order valence-corrected chi connectivity index (χ0v) is 12.7. The Labute approximate surface area is 133 Å². The zero-order chi connectivity index (χ0) is 16.6. The van der Waals surface area contributed by atoms with Gasteiger partial charge in [-0.15, -0.1) is 0 Å². The van der Waals surface area contributed by atoms with E-state index < -0.39 is 28.9 Å². The van der Waals surface area contributed by atoms with E-state index in [4.69, 9.17) is 5.11 Å². The molecule has 1 unspecified atom stereocenters. The maximum atomic E-state index is 14.3. The predicted molar refractivity (Wildman–Crippen MR) is 78.8 cm³/mol. The molecule has 1 aromatic rings. The van der Waals surface area contributed by atoms with Crippen LogP contribution in [0, 0.1) is 17.6 Å². The maximum Gasteiger partial charge on any atom is 0.308 e. The lowest BCUT2D eigenvalue weighted by Gasteiger charge is -2.33. The van der Waals surface area contributed by atoms with Crippen LogP contribution in [0.3, 0.4) is 0 Å². The van der Waals surface area contributed by atoms with Crippen LogP contribution in [-0.2, 0) is 15.0 Å². The fourth-order valence-electron chi connectivity index (χ4n) is 3.90. The number of carbonyl (C=O) groups is 2. The SMILES string of the molecule is O=C(O)C1CCN(C(=O)C2(c3ccc(F)cc3F)CCCC2)C1. The molecule has 2 fully saturated rings. The predicted octanol–water partition coefficient (Wildman–Crippen LogP) is 2.71. The molecule has 0 radical (unpaired) electrons. The molecular formula is C17H19F2NO3. The van der Waals surface area contributed by atoms with Crippen molar-refractivity contribution in [1.82, 2.24) is 4.90 Å². The van der Waals surface area contributed by atoms with Gasteiger partial charge < -0.3 is 10.0 Å². The van der Waals surface area contributed by atoms with E-state index in [1.807, 2.05) is 0 Å². The fraction of sp³-hybridized carbons (Fsp3) is 0.529.